The number of rotatable bonds is 11. The molecule has 0 saturated carbocycles. The highest BCUT2D eigenvalue weighted by molar-refractivity contribution is 5.94. The second-order valence-corrected chi connectivity index (χ2v) is 9.30. The van der Waals surface area contributed by atoms with E-state index in [4.69, 9.17) is 5.73 Å². The van der Waals surface area contributed by atoms with Crippen LogP contribution in [0.4, 0.5) is 0 Å². The van der Waals surface area contributed by atoms with Crippen LogP contribution in [-0.4, -0.2) is 75.6 Å². The summed E-state index contributed by atoms with van der Waals surface area (Å²) in [7, 11) is 0. The van der Waals surface area contributed by atoms with E-state index in [9.17, 15) is 29.4 Å². The average Bonchev–Trinajstić information content (AvgIpc) is 3.38. The van der Waals surface area contributed by atoms with Gasteiger partial charge in [-0.3, -0.25) is 14.4 Å². The largest absolute Gasteiger partial charge is 0.480 e. The first-order valence-electron chi connectivity index (χ1n) is 12.3. The maximum Gasteiger partial charge on any atom is 0.326 e. The summed E-state index contributed by atoms with van der Waals surface area (Å²) in [4.78, 5) is 52.6. The van der Waals surface area contributed by atoms with E-state index in [-0.39, 0.29) is 19.4 Å². The third kappa shape index (κ3) is 7.61. The lowest BCUT2D eigenvalue weighted by atomic mass is 10.0. The summed E-state index contributed by atoms with van der Waals surface area (Å²) in [6, 6.07) is 13.8. The van der Waals surface area contributed by atoms with Crippen molar-refractivity contribution in [1.82, 2.24) is 15.5 Å². The van der Waals surface area contributed by atoms with E-state index in [1.807, 2.05) is 36.4 Å². The summed E-state index contributed by atoms with van der Waals surface area (Å²) in [5.41, 5.74) is 7.32. The molecule has 5 unspecified atom stereocenters. The van der Waals surface area contributed by atoms with Gasteiger partial charge in [-0.15, -0.1) is 0 Å². The molecule has 0 radical (unpaired) electrons. The van der Waals surface area contributed by atoms with Crippen molar-refractivity contribution in [2.45, 2.75) is 62.9 Å². The Kier molecular flexibility index (Phi) is 9.76. The molecule has 37 heavy (non-hydrogen) atoms. The van der Waals surface area contributed by atoms with E-state index in [2.05, 4.69) is 10.6 Å². The van der Waals surface area contributed by atoms with Gasteiger partial charge in [0.1, 0.15) is 24.2 Å². The Morgan fingerprint density at radius 2 is 1.49 bits per heavy atom. The number of likely N-dealkylation sites (tertiary alicyclic amines) is 1. The van der Waals surface area contributed by atoms with Gasteiger partial charge in [0.2, 0.25) is 17.7 Å². The number of nitrogens with one attached hydrogen (secondary N) is 2. The predicted molar refractivity (Wildman–Crippen MR) is 136 cm³/mol. The first kappa shape index (κ1) is 27.8. The smallest absolute Gasteiger partial charge is 0.326 e. The van der Waals surface area contributed by atoms with Crippen molar-refractivity contribution in [3.8, 4) is 0 Å². The number of aliphatic carboxylic acids is 1. The van der Waals surface area contributed by atoms with Gasteiger partial charge in [-0.1, -0.05) is 60.7 Å². The third-order valence-electron chi connectivity index (χ3n) is 6.46. The normalized spacial score (nSPS) is 18.4. The van der Waals surface area contributed by atoms with Crippen LogP contribution < -0.4 is 16.4 Å². The molecule has 2 aromatic rings. The molecule has 10 heteroatoms. The molecule has 1 heterocycles. The van der Waals surface area contributed by atoms with Gasteiger partial charge < -0.3 is 31.5 Å². The van der Waals surface area contributed by atoms with E-state index in [0.29, 0.717) is 12.8 Å². The van der Waals surface area contributed by atoms with Gasteiger partial charge in [0.15, 0.2) is 0 Å². The Labute approximate surface area is 215 Å². The second-order valence-electron chi connectivity index (χ2n) is 9.30. The van der Waals surface area contributed by atoms with Crippen LogP contribution in [0, 0.1) is 0 Å². The van der Waals surface area contributed by atoms with E-state index < -0.39 is 54.0 Å². The topological polar surface area (TPSA) is 162 Å². The summed E-state index contributed by atoms with van der Waals surface area (Å²) in [5.74, 6) is -2.88. The summed E-state index contributed by atoms with van der Waals surface area (Å²) in [6.07, 6.45) is 0.0740. The fraction of sp³-hybridized carbons (Fsp3) is 0.407. The Morgan fingerprint density at radius 3 is 2.00 bits per heavy atom. The van der Waals surface area contributed by atoms with Crippen LogP contribution in [0.15, 0.2) is 60.7 Å². The maximum absolute atomic E-state index is 13.6. The van der Waals surface area contributed by atoms with Crippen molar-refractivity contribution in [2.75, 3.05) is 6.54 Å². The van der Waals surface area contributed by atoms with Gasteiger partial charge in [-0.2, -0.15) is 0 Å². The predicted octanol–water partition coefficient (Wildman–Crippen LogP) is 0.225. The number of carbonyl (C=O) groups excluding carboxylic acids is 3. The number of aliphatic hydroxyl groups excluding tert-OH is 1. The lowest BCUT2D eigenvalue weighted by molar-refractivity contribution is -0.145. The molecule has 10 nitrogen and oxygen atoms in total. The number of nitrogens with zero attached hydrogens (tertiary/aromatic N) is 1. The van der Waals surface area contributed by atoms with Crippen LogP contribution in [0.3, 0.4) is 0 Å². The average molecular weight is 511 g/mol. The molecule has 5 atom stereocenters. The number of carboxylic acids is 1. The molecule has 1 saturated heterocycles. The highest BCUT2D eigenvalue weighted by Crippen LogP contribution is 2.20. The molecule has 0 bridgehead atoms. The van der Waals surface area contributed by atoms with Crippen molar-refractivity contribution >= 4 is 23.7 Å². The summed E-state index contributed by atoms with van der Waals surface area (Å²) in [5, 5.41) is 24.6. The zero-order valence-corrected chi connectivity index (χ0v) is 20.7. The molecule has 1 aliphatic rings. The van der Waals surface area contributed by atoms with Gasteiger partial charge in [-0.25, -0.2) is 4.79 Å². The van der Waals surface area contributed by atoms with Crippen LogP contribution in [0.5, 0.6) is 0 Å². The van der Waals surface area contributed by atoms with Gasteiger partial charge in [0.05, 0.1) is 6.10 Å². The molecular formula is C27H34N4O6. The lowest BCUT2D eigenvalue weighted by Gasteiger charge is -2.30. The zero-order valence-electron chi connectivity index (χ0n) is 20.7. The van der Waals surface area contributed by atoms with Crippen molar-refractivity contribution < 1.29 is 29.4 Å². The number of carboxylic acid groups (broad SMARTS) is 1. The van der Waals surface area contributed by atoms with Crippen molar-refractivity contribution in [1.29, 1.82) is 0 Å². The number of aliphatic hydroxyl groups is 1. The van der Waals surface area contributed by atoms with Crippen LogP contribution in [0.25, 0.3) is 0 Å². The number of hydrogen-bond acceptors (Lipinski definition) is 6. The Bertz CT molecular complexity index is 1080. The standard InChI is InChI=1S/C27H34N4O6/c1-17(32)23(28)25(34)29-20(15-18-9-4-2-5-10-18)26(35)31-14-8-13-22(31)24(33)30-21(27(36)37)16-19-11-6-3-7-12-19/h2-7,9-12,17,20-23,32H,8,13-16,28H2,1H3,(H,29,34)(H,30,33)(H,36,37). The molecule has 198 valence electrons. The number of nitrogens with two attached hydrogens (primary N) is 1. The van der Waals surface area contributed by atoms with Crippen LogP contribution >= 0.6 is 0 Å². The zero-order chi connectivity index (χ0) is 26.9. The van der Waals surface area contributed by atoms with E-state index in [1.165, 1.54) is 11.8 Å². The maximum atomic E-state index is 13.6. The van der Waals surface area contributed by atoms with E-state index in [1.54, 1.807) is 24.3 Å². The molecule has 3 rings (SSSR count). The van der Waals surface area contributed by atoms with Crippen LogP contribution in [-0.2, 0) is 32.0 Å². The molecule has 1 fully saturated rings. The third-order valence-corrected chi connectivity index (χ3v) is 6.46. The molecule has 1 aliphatic heterocycles. The van der Waals surface area contributed by atoms with Gasteiger partial charge in [-0.05, 0) is 30.9 Å². The minimum absolute atomic E-state index is 0.104. The number of carbonyl (C=O) groups is 4. The highest BCUT2D eigenvalue weighted by atomic mass is 16.4. The first-order valence-corrected chi connectivity index (χ1v) is 12.3. The van der Waals surface area contributed by atoms with Crippen molar-refractivity contribution in [3.63, 3.8) is 0 Å². The lowest BCUT2D eigenvalue weighted by Crippen LogP contribution is -2.58. The summed E-state index contributed by atoms with van der Waals surface area (Å²) in [6.45, 7) is 1.67. The van der Waals surface area contributed by atoms with Crippen LogP contribution in [0.1, 0.15) is 30.9 Å². The fourth-order valence-electron chi connectivity index (χ4n) is 4.36. The fourth-order valence-corrected chi connectivity index (χ4v) is 4.36. The first-order chi connectivity index (χ1) is 17.7. The molecule has 0 aromatic heterocycles. The number of benzene rings is 2. The second kappa shape index (κ2) is 13.0. The van der Waals surface area contributed by atoms with Gasteiger partial charge >= 0.3 is 5.97 Å². The van der Waals surface area contributed by atoms with E-state index >= 15 is 0 Å². The number of hydrogen-bond donors (Lipinski definition) is 5. The molecular weight excluding hydrogens is 476 g/mol. The molecule has 3 amide bonds. The Balaban J connectivity index is 1.76. The molecule has 0 aliphatic carbocycles. The minimum atomic E-state index is -1.22. The Hall–Kier alpha value is -3.76. The monoisotopic (exact) mass is 510 g/mol. The minimum Gasteiger partial charge on any atom is -0.480 e. The van der Waals surface area contributed by atoms with E-state index in [0.717, 1.165) is 11.1 Å². The Morgan fingerprint density at radius 1 is 0.946 bits per heavy atom. The van der Waals surface area contributed by atoms with Gasteiger partial charge in [0.25, 0.3) is 0 Å². The van der Waals surface area contributed by atoms with Gasteiger partial charge in [0, 0.05) is 19.4 Å². The highest BCUT2D eigenvalue weighted by Gasteiger charge is 2.39. The summed E-state index contributed by atoms with van der Waals surface area (Å²) >= 11 is 0. The van der Waals surface area contributed by atoms with Crippen molar-refractivity contribution in [3.05, 3.63) is 71.8 Å². The SMILES string of the molecule is CC(O)C(N)C(=O)NC(Cc1ccccc1)C(=O)N1CCCC1C(=O)NC(Cc1ccccc1)C(=O)O. The molecule has 2 aromatic carbocycles. The molecule has 6 N–H and O–H groups in total. The quantitative estimate of drug-likeness (QED) is 0.289. The molecule has 0 spiro atoms. The van der Waals surface area contributed by atoms with Crippen molar-refractivity contribution in [2.24, 2.45) is 5.73 Å². The van der Waals surface area contributed by atoms with Crippen LogP contribution in [0.2, 0.25) is 0 Å². The number of amides is 3. The summed E-state index contributed by atoms with van der Waals surface area (Å²) < 4.78 is 0.